The second-order valence-electron chi connectivity index (χ2n) is 7.80. The van der Waals surface area contributed by atoms with Crippen molar-refractivity contribution in [1.82, 2.24) is 21.0 Å². The number of ether oxygens (including phenoxy) is 1. The minimum atomic E-state index is -1.67. The summed E-state index contributed by atoms with van der Waals surface area (Å²) in [5, 5.41) is 14.2. The normalized spacial score (nSPS) is 19.5. The Balaban J connectivity index is 1.54. The number of hydroxylamine groups is 1. The maximum absolute atomic E-state index is 13.1. The highest BCUT2D eigenvalue weighted by molar-refractivity contribution is 6.08. The second kappa shape index (κ2) is 7.35. The molecule has 33 heavy (non-hydrogen) atoms. The van der Waals surface area contributed by atoms with Gasteiger partial charge in [-0.2, -0.15) is 0 Å². The summed E-state index contributed by atoms with van der Waals surface area (Å²) < 4.78 is 11.1. The zero-order valence-corrected chi connectivity index (χ0v) is 17.3. The van der Waals surface area contributed by atoms with Gasteiger partial charge in [0.05, 0.1) is 13.7 Å². The van der Waals surface area contributed by atoms with Gasteiger partial charge in [0.2, 0.25) is 0 Å². The molecule has 0 spiro atoms. The van der Waals surface area contributed by atoms with Crippen LogP contribution in [0.2, 0.25) is 0 Å². The van der Waals surface area contributed by atoms with Gasteiger partial charge in [-0.25, -0.2) is 10.3 Å². The van der Waals surface area contributed by atoms with E-state index in [2.05, 4.69) is 10.6 Å². The van der Waals surface area contributed by atoms with Crippen molar-refractivity contribution in [2.24, 2.45) is 0 Å². The van der Waals surface area contributed by atoms with E-state index in [0.29, 0.717) is 22.3 Å². The van der Waals surface area contributed by atoms with Crippen LogP contribution in [-0.4, -0.2) is 47.5 Å². The van der Waals surface area contributed by atoms with Crippen molar-refractivity contribution in [2.45, 2.75) is 12.1 Å². The number of nitrogens with zero attached hydrogens (tertiary/aromatic N) is 1. The summed E-state index contributed by atoms with van der Waals surface area (Å²) in [5.41, 5.74) is 1.64. The lowest BCUT2D eigenvalue weighted by molar-refractivity contribution is -0.125. The first-order valence-electron chi connectivity index (χ1n) is 9.93. The molecule has 5 rings (SSSR count). The fourth-order valence-electron chi connectivity index (χ4n) is 4.20. The molecule has 2 aliphatic rings. The number of hydrogen-bond acceptors (Lipinski definition) is 7. The van der Waals surface area contributed by atoms with E-state index < -0.39 is 23.4 Å². The molecule has 5 amide bonds. The topological polar surface area (TPSA) is 150 Å². The smallest absolute Gasteiger partial charge is 0.322 e. The van der Waals surface area contributed by atoms with Gasteiger partial charge in [0.1, 0.15) is 17.1 Å². The Morgan fingerprint density at radius 1 is 1.21 bits per heavy atom. The molecule has 1 fully saturated rings. The van der Waals surface area contributed by atoms with Gasteiger partial charge in [-0.05, 0) is 42.0 Å². The fraction of sp³-hybridized carbons (Fsp3) is 0.182. The van der Waals surface area contributed by atoms with Crippen LogP contribution in [0.4, 0.5) is 4.79 Å². The van der Waals surface area contributed by atoms with E-state index in [1.165, 1.54) is 36.3 Å². The van der Waals surface area contributed by atoms with Crippen LogP contribution >= 0.6 is 0 Å². The first-order valence-corrected chi connectivity index (χ1v) is 9.93. The quantitative estimate of drug-likeness (QED) is 0.260. The van der Waals surface area contributed by atoms with Crippen molar-refractivity contribution in [3.8, 4) is 5.75 Å². The molecule has 168 valence electrons. The predicted molar refractivity (Wildman–Crippen MR) is 112 cm³/mol. The molecule has 1 saturated heterocycles. The summed E-state index contributed by atoms with van der Waals surface area (Å²) in [4.78, 5) is 51.3. The Labute approximate surface area is 186 Å². The van der Waals surface area contributed by atoms with E-state index in [-0.39, 0.29) is 30.3 Å². The minimum Gasteiger partial charge on any atom is -0.497 e. The van der Waals surface area contributed by atoms with Crippen LogP contribution in [0.25, 0.3) is 11.0 Å². The molecule has 3 heterocycles. The number of fused-ring (bicyclic) bond motifs is 2. The summed E-state index contributed by atoms with van der Waals surface area (Å²) in [7, 11) is 1.50. The van der Waals surface area contributed by atoms with Crippen LogP contribution in [-0.2, 0) is 16.9 Å². The Bertz CT molecular complexity index is 1350. The standard InChI is InChI=1S/C22H18N4O7/c1-32-14-4-2-12-9-26(19(28)15(12)8-14)10-22(20(29)23-21(30)24-22)17-7-13-6-11(18(27)25-31)3-5-16(13)33-17/h2-8,31H,9-10H2,1H3,(H,25,27)(H2,23,24,29,30). The fourth-order valence-corrected chi connectivity index (χ4v) is 4.20. The lowest BCUT2D eigenvalue weighted by Gasteiger charge is -2.29. The van der Waals surface area contributed by atoms with Gasteiger partial charge in [-0.3, -0.25) is 24.9 Å². The van der Waals surface area contributed by atoms with Crippen molar-refractivity contribution in [1.29, 1.82) is 0 Å². The lowest BCUT2D eigenvalue weighted by Crippen LogP contribution is -2.52. The van der Waals surface area contributed by atoms with Crippen molar-refractivity contribution >= 4 is 34.7 Å². The molecule has 0 bridgehead atoms. The van der Waals surface area contributed by atoms with Crippen molar-refractivity contribution in [2.75, 3.05) is 13.7 Å². The van der Waals surface area contributed by atoms with Gasteiger partial charge < -0.3 is 19.4 Å². The summed E-state index contributed by atoms with van der Waals surface area (Å²) in [6, 6.07) is 10.4. The Kier molecular flexibility index (Phi) is 4.57. The molecule has 3 aromatic rings. The van der Waals surface area contributed by atoms with Crippen LogP contribution in [0, 0.1) is 0 Å². The van der Waals surface area contributed by atoms with E-state index in [1.807, 2.05) is 0 Å². The van der Waals surface area contributed by atoms with Gasteiger partial charge in [0.15, 0.2) is 5.54 Å². The van der Waals surface area contributed by atoms with Gasteiger partial charge in [0.25, 0.3) is 17.7 Å². The number of nitrogens with one attached hydrogen (secondary N) is 3. The molecule has 1 aromatic heterocycles. The second-order valence-corrected chi connectivity index (χ2v) is 7.80. The SMILES string of the molecule is COc1ccc2c(c1)C(=O)N(CC1(c3cc4cc(C(=O)NO)ccc4o3)NC(=O)NC1=O)C2. The summed E-state index contributed by atoms with van der Waals surface area (Å²) in [6.07, 6.45) is 0. The third kappa shape index (κ3) is 3.17. The Morgan fingerprint density at radius 2 is 2.03 bits per heavy atom. The average Bonchev–Trinajstić information content (AvgIpc) is 3.46. The van der Waals surface area contributed by atoms with Gasteiger partial charge in [-0.15, -0.1) is 0 Å². The van der Waals surface area contributed by atoms with Crippen LogP contribution in [0.5, 0.6) is 5.75 Å². The summed E-state index contributed by atoms with van der Waals surface area (Å²) in [6.45, 7) is 0.0638. The molecule has 4 N–H and O–H groups in total. The highest BCUT2D eigenvalue weighted by Gasteiger charge is 2.53. The van der Waals surface area contributed by atoms with Gasteiger partial charge >= 0.3 is 6.03 Å². The number of imide groups is 1. The molecule has 1 unspecified atom stereocenters. The van der Waals surface area contributed by atoms with Crippen molar-refractivity contribution in [3.05, 3.63) is 64.9 Å². The predicted octanol–water partition coefficient (Wildman–Crippen LogP) is 1.25. The number of carbonyl (C=O) groups excluding carboxylic acids is 4. The largest absolute Gasteiger partial charge is 0.497 e. The van der Waals surface area contributed by atoms with E-state index >= 15 is 0 Å². The zero-order chi connectivity index (χ0) is 23.3. The van der Waals surface area contributed by atoms with Crippen LogP contribution in [0.3, 0.4) is 0 Å². The average molecular weight is 450 g/mol. The number of carbonyl (C=O) groups is 4. The number of furan rings is 1. The maximum atomic E-state index is 13.1. The molecule has 2 aromatic carbocycles. The first-order chi connectivity index (χ1) is 15.8. The highest BCUT2D eigenvalue weighted by Crippen LogP contribution is 2.35. The lowest BCUT2D eigenvalue weighted by atomic mass is 9.95. The molecule has 11 heteroatoms. The van der Waals surface area contributed by atoms with E-state index in [9.17, 15) is 19.2 Å². The monoisotopic (exact) mass is 450 g/mol. The molecular weight excluding hydrogens is 432 g/mol. The van der Waals surface area contributed by atoms with Crippen molar-refractivity contribution < 1.29 is 33.5 Å². The number of benzene rings is 2. The molecule has 2 aliphatic heterocycles. The molecule has 0 saturated carbocycles. The van der Waals surface area contributed by atoms with Crippen LogP contribution in [0.15, 0.2) is 46.9 Å². The molecule has 0 aliphatic carbocycles. The number of rotatable bonds is 5. The third-order valence-electron chi connectivity index (χ3n) is 5.87. The number of urea groups is 1. The van der Waals surface area contributed by atoms with Crippen molar-refractivity contribution in [3.63, 3.8) is 0 Å². The molecule has 0 radical (unpaired) electrons. The first kappa shape index (κ1) is 20.5. The molecule has 11 nitrogen and oxygen atoms in total. The van der Waals surface area contributed by atoms with E-state index in [0.717, 1.165) is 5.56 Å². The molecule has 1 atom stereocenters. The molecular formula is C22H18N4O7. The van der Waals surface area contributed by atoms with Crippen LogP contribution in [0.1, 0.15) is 32.0 Å². The Morgan fingerprint density at radius 3 is 2.73 bits per heavy atom. The van der Waals surface area contributed by atoms with Gasteiger partial charge in [-0.1, -0.05) is 6.07 Å². The summed E-state index contributed by atoms with van der Waals surface area (Å²) in [5.74, 6) is -1.05. The van der Waals surface area contributed by atoms with Gasteiger partial charge in [0, 0.05) is 23.1 Å². The summed E-state index contributed by atoms with van der Waals surface area (Å²) >= 11 is 0. The highest BCUT2D eigenvalue weighted by atomic mass is 16.5. The maximum Gasteiger partial charge on any atom is 0.322 e. The zero-order valence-electron chi connectivity index (χ0n) is 17.3. The number of hydrogen-bond donors (Lipinski definition) is 4. The van der Waals surface area contributed by atoms with E-state index in [1.54, 1.807) is 23.7 Å². The van der Waals surface area contributed by atoms with Crippen LogP contribution < -0.4 is 20.9 Å². The Hall–Kier alpha value is -4.38. The van der Waals surface area contributed by atoms with E-state index in [4.69, 9.17) is 14.4 Å². The third-order valence-corrected chi connectivity index (χ3v) is 5.87. The number of methoxy groups -OCH3 is 1. The number of amides is 5. The minimum absolute atomic E-state index is 0.101.